The first kappa shape index (κ1) is 14.6. The molecule has 0 saturated heterocycles. The molecule has 18 heavy (non-hydrogen) atoms. The average Bonchev–Trinajstić information content (AvgIpc) is 2.22. The summed E-state index contributed by atoms with van der Waals surface area (Å²) in [4.78, 5) is -1.49. The van der Waals surface area contributed by atoms with Crippen LogP contribution in [0.2, 0.25) is 0 Å². The van der Waals surface area contributed by atoms with Crippen LogP contribution >= 0.6 is 0 Å². The maximum absolute atomic E-state index is 12.1. The molecule has 0 aliphatic heterocycles. The van der Waals surface area contributed by atoms with Crippen LogP contribution in [0.5, 0.6) is 0 Å². The van der Waals surface area contributed by atoms with Gasteiger partial charge in [-0.3, -0.25) is 0 Å². The van der Waals surface area contributed by atoms with E-state index in [0.717, 1.165) is 6.08 Å². The van der Waals surface area contributed by atoms with Crippen LogP contribution in [0.25, 0.3) is 6.08 Å². The Hall–Kier alpha value is -1.50. The number of rotatable bonds is 3. The molecule has 0 fully saturated rings. The number of nitrogens with zero attached hydrogens (tertiary/aromatic N) is 1. The van der Waals surface area contributed by atoms with E-state index in [-0.39, 0.29) is 0 Å². The van der Waals surface area contributed by atoms with Crippen LogP contribution in [-0.4, -0.2) is 24.0 Å². The minimum Gasteiger partial charge on any atom is -0.155 e. The molecular formula is C11H9F6N. The molecule has 0 bridgehead atoms. The van der Waals surface area contributed by atoms with Crippen molar-refractivity contribution in [2.45, 2.75) is 12.6 Å². The van der Waals surface area contributed by atoms with Crippen molar-refractivity contribution in [2.75, 3.05) is 6.54 Å². The van der Waals surface area contributed by atoms with Crippen molar-refractivity contribution in [3.63, 3.8) is 0 Å². The zero-order chi connectivity index (χ0) is 13.8. The topological polar surface area (TPSA) is 3.24 Å². The molecule has 0 amide bonds. The van der Waals surface area contributed by atoms with Gasteiger partial charge in [-0.2, -0.15) is 26.3 Å². The van der Waals surface area contributed by atoms with Gasteiger partial charge >= 0.3 is 12.6 Å². The lowest BCUT2D eigenvalue weighted by Gasteiger charge is -2.25. The average molecular weight is 269 g/mol. The van der Waals surface area contributed by atoms with Crippen molar-refractivity contribution in [1.29, 1.82) is 0 Å². The Balaban J connectivity index is 2.73. The Morgan fingerprint density at radius 2 is 1.39 bits per heavy atom. The fourth-order valence-corrected chi connectivity index (χ4v) is 1.21. The quantitative estimate of drug-likeness (QED) is 0.591. The van der Waals surface area contributed by atoms with E-state index in [1.165, 1.54) is 6.08 Å². The summed E-state index contributed by atoms with van der Waals surface area (Å²) >= 11 is 0. The van der Waals surface area contributed by atoms with Gasteiger partial charge in [-0.15, -0.1) is 4.90 Å². The minimum atomic E-state index is -5.45. The summed E-state index contributed by atoms with van der Waals surface area (Å²) in [6.07, 6.45) is -8.88. The van der Waals surface area contributed by atoms with Crippen molar-refractivity contribution in [1.82, 2.24) is 4.90 Å². The summed E-state index contributed by atoms with van der Waals surface area (Å²) in [5.41, 5.74) is 0.529. The number of hydrogen-bond acceptors (Lipinski definition) is 1. The van der Waals surface area contributed by atoms with Crippen LogP contribution < -0.4 is 0 Å². The molecule has 1 nitrogen and oxygen atoms in total. The van der Waals surface area contributed by atoms with Crippen LogP contribution in [-0.2, 0) is 0 Å². The molecule has 0 atom stereocenters. The summed E-state index contributed by atoms with van der Waals surface area (Å²) in [5, 5.41) is 0. The van der Waals surface area contributed by atoms with Crippen LogP contribution in [0.1, 0.15) is 5.56 Å². The van der Waals surface area contributed by atoms with E-state index in [1.807, 2.05) is 0 Å². The van der Waals surface area contributed by atoms with Crippen LogP contribution in [0, 0.1) is 0 Å². The highest BCUT2D eigenvalue weighted by Gasteiger charge is 2.52. The number of halogens is 6. The van der Waals surface area contributed by atoms with E-state index < -0.39 is 24.0 Å². The lowest BCUT2D eigenvalue weighted by atomic mass is 10.2. The standard InChI is InChI=1S/C11H9F6N/c12-10(13,14)18(11(15,16)17)8-4-7-9-5-2-1-3-6-9/h1-7H,8H2/b7-4-. The number of benzene rings is 1. The van der Waals surface area contributed by atoms with Crippen molar-refractivity contribution >= 4 is 6.08 Å². The molecule has 1 rings (SSSR count). The van der Waals surface area contributed by atoms with Gasteiger partial charge in [0.15, 0.2) is 0 Å². The second kappa shape index (κ2) is 5.43. The van der Waals surface area contributed by atoms with Crippen LogP contribution in [0.4, 0.5) is 26.3 Å². The Bertz CT molecular complexity index is 378. The summed E-state index contributed by atoms with van der Waals surface area (Å²) in [6.45, 7) is -1.28. The molecule has 0 unspecified atom stereocenters. The first-order valence-electron chi connectivity index (χ1n) is 4.84. The Morgan fingerprint density at radius 3 is 1.83 bits per heavy atom. The fourth-order valence-electron chi connectivity index (χ4n) is 1.21. The second-order valence-corrected chi connectivity index (χ2v) is 3.36. The fraction of sp³-hybridized carbons (Fsp3) is 0.273. The normalized spacial score (nSPS) is 13.5. The SMILES string of the molecule is FC(F)(F)N(C/C=C\c1ccccc1)C(F)(F)F. The zero-order valence-electron chi connectivity index (χ0n) is 8.96. The van der Waals surface area contributed by atoms with Gasteiger partial charge in [0.05, 0.1) is 0 Å². The van der Waals surface area contributed by atoms with E-state index in [0.29, 0.717) is 5.56 Å². The lowest BCUT2D eigenvalue weighted by Crippen LogP contribution is -2.47. The van der Waals surface area contributed by atoms with Gasteiger partial charge in [0.2, 0.25) is 0 Å². The first-order valence-corrected chi connectivity index (χ1v) is 4.84. The molecule has 0 aliphatic rings. The molecule has 100 valence electrons. The van der Waals surface area contributed by atoms with Gasteiger partial charge in [0, 0.05) is 6.54 Å². The van der Waals surface area contributed by atoms with Crippen LogP contribution in [0.3, 0.4) is 0 Å². The van der Waals surface area contributed by atoms with Gasteiger partial charge in [0.25, 0.3) is 0 Å². The minimum absolute atomic E-state index is 0.529. The molecule has 1 aromatic carbocycles. The third-order valence-corrected chi connectivity index (χ3v) is 2.01. The lowest BCUT2D eigenvalue weighted by molar-refractivity contribution is -0.369. The highest BCUT2D eigenvalue weighted by Crippen LogP contribution is 2.32. The molecule has 0 spiro atoms. The summed E-state index contributed by atoms with van der Waals surface area (Å²) in [7, 11) is 0. The molecule has 0 N–H and O–H groups in total. The van der Waals surface area contributed by atoms with E-state index in [2.05, 4.69) is 0 Å². The van der Waals surface area contributed by atoms with E-state index in [9.17, 15) is 26.3 Å². The van der Waals surface area contributed by atoms with Crippen molar-refractivity contribution in [3.8, 4) is 0 Å². The third kappa shape index (κ3) is 4.40. The zero-order valence-corrected chi connectivity index (χ0v) is 8.96. The van der Waals surface area contributed by atoms with Crippen molar-refractivity contribution in [3.05, 3.63) is 42.0 Å². The largest absolute Gasteiger partial charge is 0.467 e. The Labute approximate surface area is 99.3 Å². The molecule has 1 aromatic rings. The smallest absolute Gasteiger partial charge is 0.155 e. The third-order valence-electron chi connectivity index (χ3n) is 2.01. The molecule has 0 saturated carbocycles. The molecule has 0 aromatic heterocycles. The molecule has 0 aliphatic carbocycles. The second-order valence-electron chi connectivity index (χ2n) is 3.36. The van der Waals surface area contributed by atoms with Gasteiger partial charge < -0.3 is 0 Å². The van der Waals surface area contributed by atoms with E-state index in [4.69, 9.17) is 0 Å². The van der Waals surface area contributed by atoms with Crippen molar-refractivity contribution in [2.24, 2.45) is 0 Å². The molecule has 0 radical (unpaired) electrons. The van der Waals surface area contributed by atoms with Gasteiger partial charge in [-0.1, -0.05) is 42.5 Å². The van der Waals surface area contributed by atoms with Gasteiger partial charge in [-0.05, 0) is 5.56 Å². The van der Waals surface area contributed by atoms with E-state index in [1.54, 1.807) is 30.3 Å². The predicted octanol–water partition coefficient (Wildman–Crippen LogP) is 4.04. The maximum atomic E-state index is 12.1. The van der Waals surface area contributed by atoms with Gasteiger partial charge in [0.1, 0.15) is 0 Å². The molecular weight excluding hydrogens is 260 g/mol. The summed E-state index contributed by atoms with van der Waals surface area (Å²) in [5.74, 6) is 0. The van der Waals surface area contributed by atoms with Crippen molar-refractivity contribution < 1.29 is 26.3 Å². The molecule has 7 heteroatoms. The number of alkyl halides is 6. The maximum Gasteiger partial charge on any atom is 0.467 e. The number of hydrogen-bond donors (Lipinski definition) is 0. The monoisotopic (exact) mass is 269 g/mol. The van der Waals surface area contributed by atoms with Gasteiger partial charge in [-0.25, -0.2) is 0 Å². The Morgan fingerprint density at radius 1 is 0.889 bits per heavy atom. The van der Waals surface area contributed by atoms with E-state index >= 15 is 0 Å². The first-order chi connectivity index (χ1) is 8.21. The summed E-state index contributed by atoms with van der Waals surface area (Å²) in [6, 6.07) is 8.09. The highest BCUT2D eigenvalue weighted by atomic mass is 19.4. The van der Waals surface area contributed by atoms with Crippen LogP contribution in [0.15, 0.2) is 36.4 Å². The highest BCUT2D eigenvalue weighted by molar-refractivity contribution is 5.48. The summed E-state index contributed by atoms with van der Waals surface area (Å²) < 4.78 is 72.7. The predicted molar refractivity (Wildman–Crippen MR) is 54.3 cm³/mol. The molecule has 0 heterocycles. The Kier molecular flexibility index (Phi) is 4.39.